The molecule has 0 bridgehead atoms. The minimum atomic E-state index is 0.740. The molecule has 0 radical (unpaired) electrons. The van der Waals surface area contributed by atoms with Crippen LogP contribution in [0.4, 0.5) is 5.69 Å². The molecular weight excluding hydrogens is 346 g/mol. The first-order chi connectivity index (χ1) is 8.06. The predicted octanol–water partition coefficient (Wildman–Crippen LogP) is 4.89. The SMILES string of the molecule is Cc1cc(N)ccc1Oc1ccc(Br)cc1Br. The van der Waals surface area contributed by atoms with Crippen LogP contribution < -0.4 is 10.5 Å². The Morgan fingerprint density at radius 3 is 2.35 bits per heavy atom. The van der Waals surface area contributed by atoms with E-state index in [1.165, 1.54) is 0 Å². The van der Waals surface area contributed by atoms with Gasteiger partial charge in [-0.25, -0.2) is 0 Å². The number of hydrogen-bond acceptors (Lipinski definition) is 2. The van der Waals surface area contributed by atoms with Gasteiger partial charge in [-0.2, -0.15) is 0 Å². The van der Waals surface area contributed by atoms with Gasteiger partial charge in [-0.15, -0.1) is 0 Å². The van der Waals surface area contributed by atoms with E-state index in [1.807, 2.05) is 43.3 Å². The summed E-state index contributed by atoms with van der Waals surface area (Å²) in [5.41, 5.74) is 7.45. The van der Waals surface area contributed by atoms with Crippen LogP contribution in [0.5, 0.6) is 11.5 Å². The number of nitrogens with two attached hydrogens (primary N) is 1. The van der Waals surface area contributed by atoms with Gasteiger partial charge in [0.25, 0.3) is 0 Å². The summed E-state index contributed by atoms with van der Waals surface area (Å²) in [6.07, 6.45) is 0. The van der Waals surface area contributed by atoms with Crippen molar-refractivity contribution in [2.24, 2.45) is 0 Å². The van der Waals surface area contributed by atoms with Crippen LogP contribution in [0, 0.1) is 6.92 Å². The number of rotatable bonds is 2. The van der Waals surface area contributed by atoms with Crippen LogP contribution in [-0.2, 0) is 0 Å². The highest BCUT2D eigenvalue weighted by Gasteiger charge is 2.05. The Balaban J connectivity index is 2.31. The Labute approximate surface area is 117 Å². The first kappa shape index (κ1) is 12.5. The van der Waals surface area contributed by atoms with Crippen molar-refractivity contribution in [3.63, 3.8) is 0 Å². The lowest BCUT2D eigenvalue weighted by molar-refractivity contribution is 0.476. The number of anilines is 1. The third-order valence-electron chi connectivity index (χ3n) is 2.31. The molecule has 2 nitrogen and oxygen atoms in total. The Hall–Kier alpha value is -1.000. The maximum Gasteiger partial charge on any atom is 0.141 e. The van der Waals surface area contributed by atoms with Gasteiger partial charge in [0.1, 0.15) is 11.5 Å². The molecule has 0 atom stereocenters. The number of halogens is 2. The first-order valence-corrected chi connectivity index (χ1v) is 6.64. The summed E-state index contributed by atoms with van der Waals surface area (Å²) in [4.78, 5) is 0. The molecule has 0 aromatic heterocycles. The van der Waals surface area contributed by atoms with E-state index >= 15 is 0 Å². The first-order valence-electron chi connectivity index (χ1n) is 5.05. The summed E-state index contributed by atoms with van der Waals surface area (Å²) in [6, 6.07) is 11.4. The average Bonchev–Trinajstić information content (AvgIpc) is 2.25. The van der Waals surface area contributed by atoms with E-state index in [9.17, 15) is 0 Å². The zero-order valence-electron chi connectivity index (χ0n) is 9.21. The van der Waals surface area contributed by atoms with Gasteiger partial charge in [0.15, 0.2) is 0 Å². The van der Waals surface area contributed by atoms with Crippen molar-refractivity contribution in [3.8, 4) is 11.5 Å². The maximum absolute atomic E-state index is 5.83. The van der Waals surface area contributed by atoms with Gasteiger partial charge < -0.3 is 10.5 Å². The molecule has 2 N–H and O–H groups in total. The van der Waals surface area contributed by atoms with Crippen LogP contribution in [0.15, 0.2) is 45.3 Å². The molecule has 2 aromatic carbocycles. The van der Waals surface area contributed by atoms with Gasteiger partial charge >= 0.3 is 0 Å². The average molecular weight is 357 g/mol. The van der Waals surface area contributed by atoms with Gasteiger partial charge in [0.05, 0.1) is 4.47 Å². The van der Waals surface area contributed by atoms with E-state index in [1.54, 1.807) is 0 Å². The van der Waals surface area contributed by atoms with Gasteiger partial charge in [-0.3, -0.25) is 0 Å². The van der Waals surface area contributed by atoms with Crippen LogP contribution in [0.25, 0.3) is 0 Å². The molecule has 17 heavy (non-hydrogen) atoms. The van der Waals surface area contributed by atoms with E-state index in [-0.39, 0.29) is 0 Å². The van der Waals surface area contributed by atoms with E-state index in [0.29, 0.717) is 0 Å². The molecule has 0 unspecified atom stereocenters. The van der Waals surface area contributed by atoms with Crippen molar-refractivity contribution in [2.75, 3.05) is 5.73 Å². The van der Waals surface area contributed by atoms with Crippen LogP contribution in [0.3, 0.4) is 0 Å². The van der Waals surface area contributed by atoms with E-state index in [4.69, 9.17) is 10.5 Å². The second kappa shape index (κ2) is 5.10. The van der Waals surface area contributed by atoms with Crippen molar-refractivity contribution in [2.45, 2.75) is 6.92 Å². The van der Waals surface area contributed by atoms with E-state index in [0.717, 1.165) is 31.7 Å². The molecule has 0 aliphatic carbocycles. The summed E-state index contributed by atoms with van der Waals surface area (Å²) >= 11 is 6.87. The fourth-order valence-corrected chi connectivity index (χ4v) is 2.59. The molecule has 2 rings (SSSR count). The quantitative estimate of drug-likeness (QED) is 0.777. The van der Waals surface area contributed by atoms with Crippen LogP contribution >= 0.6 is 31.9 Å². The highest BCUT2D eigenvalue weighted by atomic mass is 79.9. The van der Waals surface area contributed by atoms with Gasteiger partial charge in [-0.05, 0) is 64.8 Å². The standard InChI is InChI=1S/C13H11Br2NO/c1-8-6-10(16)3-5-12(8)17-13-4-2-9(14)7-11(13)15/h2-7H,16H2,1H3. The second-order valence-electron chi connectivity index (χ2n) is 3.70. The molecule has 0 aliphatic rings. The summed E-state index contributed by atoms with van der Waals surface area (Å²) in [5, 5.41) is 0. The van der Waals surface area contributed by atoms with Crippen molar-refractivity contribution in [1.82, 2.24) is 0 Å². The summed E-state index contributed by atoms with van der Waals surface area (Å²) < 4.78 is 7.74. The Kier molecular flexibility index (Phi) is 3.74. The molecular formula is C13H11Br2NO. The molecule has 0 saturated carbocycles. The van der Waals surface area contributed by atoms with Gasteiger partial charge in [0, 0.05) is 10.2 Å². The molecule has 88 valence electrons. The van der Waals surface area contributed by atoms with E-state index < -0.39 is 0 Å². The van der Waals surface area contributed by atoms with Crippen molar-refractivity contribution < 1.29 is 4.74 Å². The molecule has 0 amide bonds. The van der Waals surface area contributed by atoms with Gasteiger partial charge in [-0.1, -0.05) is 15.9 Å². The maximum atomic E-state index is 5.83. The van der Waals surface area contributed by atoms with Crippen LogP contribution in [0.2, 0.25) is 0 Å². The fourth-order valence-electron chi connectivity index (χ4n) is 1.46. The molecule has 2 aromatic rings. The molecule has 0 spiro atoms. The minimum absolute atomic E-state index is 0.740. The monoisotopic (exact) mass is 355 g/mol. The molecule has 0 aliphatic heterocycles. The molecule has 0 saturated heterocycles. The lowest BCUT2D eigenvalue weighted by atomic mass is 10.2. The van der Waals surface area contributed by atoms with Crippen molar-refractivity contribution in [1.29, 1.82) is 0 Å². The number of benzene rings is 2. The highest BCUT2D eigenvalue weighted by Crippen LogP contribution is 2.33. The Bertz CT molecular complexity index is 506. The summed E-state index contributed by atoms with van der Waals surface area (Å²) in [6.45, 7) is 1.97. The number of nitrogen functional groups attached to an aromatic ring is 1. The predicted molar refractivity (Wildman–Crippen MR) is 77.5 cm³/mol. The van der Waals surface area contributed by atoms with Crippen LogP contribution in [-0.4, -0.2) is 0 Å². The normalized spacial score (nSPS) is 10.3. The van der Waals surface area contributed by atoms with Crippen molar-refractivity contribution in [3.05, 3.63) is 50.9 Å². The second-order valence-corrected chi connectivity index (χ2v) is 5.47. The lowest BCUT2D eigenvalue weighted by Gasteiger charge is -2.10. The van der Waals surface area contributed by atoms with Crippen LogP contribution in [0.1, 0.15) is 5.56 Å². The number of ether oxygens (including phenoxy) is 1. The zero-order chi connectivity index (χ0) is 12.4. The van der Waals surface area contributed by atoms with Crippen molar-refractivity contribution >= 4 is 37.5 Å². The highest BCUT2D eigenvalue weighted by molar-refractivity contribution is 9.11. The van der Waals surface area contributed by atoms with E-state index in [2.05, 4.69) is 31.9 Å². The fraction of sp³-hybridized carbons (Fsp3) is 0.0769. The Morgan fingerprint density at radius 1 is 1.00 bits per heavy atom. The number of hydrogen-bond donors (Lipinski definition) is 1. The smallest absolute Gasteiger partial charge is 0.141 e. The van der Waals surface area contributed by atoms with Gasteiger partial charge in [0.2, 0.25) is 0 Å². The molecule has 0 heterocycles. The largest absolute Gasteiger partial charge is 0.456 e. The Morgan fingerprint density at radius 2 is 1.71 bits per heavy atom. The minimum Gasteiger partial charge on any atom is -0.456 e. The summed E-state index contributed by atoms with van der Waals surface area (Å²) in [5.74, 6) is 1.59. The topological polar surface area (TPSA) is 35.2 Å². The molecule has 4 heteroatoms. The summed E-state index contributed by atoms with van der Waals surface area (Å²) in [7, 11) is 0. The third kappa shape index (κ3) is 3.01. The molecule has 0 fully saturated rings. The number of aryl methyl sites for hydroxylation is 1. The zero-order valence-corrected chi connectivity index (χ0v) is 12.4. The third-order valence-corrected chi connectivity index (χ3v) is 3.43. The lowest BCUT2D eigenvalue weighted by Crippen LogP contribution is -1.91.